The first kappa shape index (κ1) is 39.7. The zero-order valence-corrected chi connectivity index (χ0v) is 29.5. The quantitative estimate of drug-likeness (QED) is 0.0551. The van der Waals surface area contributed by atoms with Crippen LogP contribution in [0.15, 0.2) is 68.8 Å². The first-order valence-corrected chi connectivity index (χ1v) is 16.7. The fourth-order valence-corrected chi connectivity index (χ4v) is 5.17. The normalized spacial score (nSPS) is 12.8. The highest BCUT2D eigenvalue weighted by Crippen LogP contribution is 2.18. The molecule has 5 amide bonds. The molecule has 8 N–H and O–H groups in total. The molecule has 51 heavy (non-hydrogen) atoms. The van der Waals surface area contributed by atoms with Crippen molar-refractivity contribution in [2.45, 2.75) is 78.6 Å². The predicted molar refractivity (Wildman–Crippen MR) is 191 cm³/mol. The number of carbonyl (C=O) groups is 5. The van der Waals surface area contributed by atoms with E-state index in [9.17, 15) is 28.8 Å². The zero-order valence-electron chi connectivity index (χ0n) is 29.5. The molecule has 0 spiro atoms. The van der Waals surface area contributed by atoms with Gasteiger partial charge >= 0.3 is 11.7 Å². The van der Waals surface area contributed by atoms with E-state index in [4.69, 9.17) is 20.6 Å². The van der Waals surface area contributed by atoms with E-state index in [1.807, 2.05) is 32.0 Å². The summed E-state index contributed by atoms with van der Waals surface area (Å²) in [4.78, 5) is 82.1. The third kappa shape index (κ3) is 12.6. The maximum absolute atomic E-state index is 13.7. The molecule has 15 nitrogen and oxygen atoms in total. The van der Waals surface area contributed by atoms with Crippen LogP contribution in [-0.4, -0.2) is 60.4 Å². The second-order valence-corrected chi connectivity index (χ2v) is 12.9. The van der Waals surface area contributed by atoms with Gasteiger partial charge in [0.15, 0.2) is 5.96 Å². The number of amides is 5. The molecule has 0 fully saturated rings. The molecule has 1 heterocycles. The lowest BCUT2D eigenvalue weighted by Crippen LogP contribution is -2.58. The van der Waals surface area contributed by atoms with Crippen molar-refractivity contribution in [3.05, 3.63) is 81.7 Å². The number of hydrogen-bond donors (Lipinski definition) is 6. The number of fused-ring (bicyclic) bond motifs is 1. The Balaban J connectivity index is 1.75. The molecule has 0 aliphatic rings. The van der Waals surface area contributed by atoms with Crippen LogP contribution in [0, 0.1) is 18.8 Å². The number of nitrogens with zero attached hydrogens (tertiary/aromatic N) is 1. The molecule has 0 aliphatic carbocycles. The maximum Gasteiger partial charge on any atom is 0.408 e. The van der Waals surface area contributed by atoms with Crippen LogP contribution in [0.1, 0.15) is 68.4 Å². The van der Waals surface area contributed by atoms with Crippen LogP contribution < -0.4 is 38.4 Å². The van der Waals surface area contributed by atoms with Gasteiger partial charge in [-0.2, -0.15) is 0 Å². The molecular formula is C36H47N7O8. The van der Waals surface area contributed by atoms with Crippen molar-refractivity contribution in [2.24, 2.45) is 28.3 Å². The molecule has 2 aromatic carbocycles. The van der Waals surface area contributed by atoms with Crippen molar-refractivity contribution in [3.63, 3.8) is 0 Å². The van der Waals surface area contributed by atoms with Crippen LogP contribution in [0.3, 0.4) is 0 Å². The number of guanidine groups is 1. The monoisotopic (exact) mass is 705 g/mol. The Labute approximate surface area is 295 Å². The van der Waals surface area contributed by atoms with E-state index in [1.165, 1.54) is 18.2 Å². The minimum absolute atomic E-state index is 0.00354. The maximum atomic E-state index is 13.7. The largest absolute Gasteiger partial charge is 0.445 e. The molecule has 1 aromatic heterocycles. The second kappa shape index (κ2) is 18.9. The summed E-state index contributed by atoms with van der Waals surface area (Å²) in [5.41, 5.74) is 11.9. The fourth-order valence-electron chi connectivity index (χ4n) is 5.17. The number of alkyl carbamates (subject to hydrolysis) is 1. The van der Waals surface area contributed by atoms with Gasteiger partial charge in [-0.15, -0.1) is 0 Å². The van der Waals surface area contributed by atoms with E-state index in [1.54, 1.807) is 39.0 Å². The number of benzene rings is 2. The van der Waals surface area contributed by atoms with Crippen molar-refractivity contribution in [2.75, 3.05) is 6.54 Å². The van der Waals surface area contributed by atoms with Crippen molar-refractivity contribution < 1.29 is 33.1 Å². The standard InChI is InChI=1S/C36H47N7O8/c1-20(2)16-27(41-34(48)30(21(3)4)42-36(49)50-19-23-10-7-6-8-11-23)33(47)40-26(12-9-15-39-35(37)38)32(46)43-31(45)24-13-14-25-22(5)17-29(44)51-28(25)18-24/h6-8,10-11,13-14,17-18,20-21,26-27,30H,9,12,15-16,19H2,1-5H3,(H,40,47)(H,41,48)(H,42,49)(H4,37,38,39)(H,43,45,46)/t26-,27-,30+/m0/s1. The summed E-state index contributed by atoms with van der Waals surface area (Å²) in [5.74, 6) is -3.48. The number of aliphatic imine (C=N–C) groups is 1. The number of rotatable bonds is 16. The molecular weight excluding hydrogens is 658 g/mol. The van der Waals surface area contributed by atoms with E-state index >= 15 is 0 Å². The summed E-state index contributed by atoms with van der Waals surface area (Å²) in [6, 6.07) is 11.4. The van der Waals surface area contributed by atoms with Crippen molar-refractivity contribution in [1.82, 2.24) is 21.3 Å². The summed E-state index contributed by atoms with van der Waals surface area (Å²) in [5, 5.41) is 10.9. The molecule has 274 valence electrons. The van der Waals surface area contributed by atoms with E-state index in [0.717, 1.165) is 5.56 Å². The van der Waals surface area contributed by atoms with Crippen LogP contribution in [0.2, 0.25) is 0 Å². The summed E-state index contributed by atoms with van der Waals surface area (Å²) < 4.78 is 10.5. The number of nitrogens with two attached hydrogens (primary N) is 2. The Kier molecular flexibility index (Phi) is 14.7. The molecule has 0 saturated carbocycles. The Bertz CT molecular complexity index is 1790. The molecule has 15 heteroatoms. The molecule has 3 rings (SSSR count). The molecule has 3 aromatic rings. The minimum atomic E-state index is -1.23. The lowest BCUT2D eigenvalue weighted by atomic mass is 9.99. The highest BCUT2D eigenvalue weighted by molar-refractivity contribution is 6.08. The molecule has 0 unspecified atom stereocenters. The van der Waals surface area contributed by atoms with Crippen LogP contribution in [-0.2, 0) is 25.7 Å². The first-order valence-electron chi connectivity index (χ1n) is 16.7. The van der Waals surface area contributed by atoms with Gasteiger partial charge in [0.2, 0.25) is 17.7 Å². The van der Waals surface area contributed by atoms with Crippen LogP contribution >= 0.6 is 0 Å². The van der Waals surface area contributed by atoms with Crippen molar-refractivity contribution in [3.8, 4) is 0 Å². The summed E-state index contributed by atoms with van der Waals surface area (Å²) >= 11 is 0. The fraction of sp³-hybridized carbons (Fsp3) is 0.417. The lowest BCUT2D eigenvalue weighted by molar-refractivity contribution is -0.133. The van der Waals surface area contributed by atoms with Gasteiger partial charge in [-0.1, -0.05) is 64.1 Å². The average molecular weight is 706 g/mol. The number of imide groups is 1. The van der Waals surface area contributed by atoms with E-state index in [2.05, 4.69) is 26.3 Å². The van der Waals surface area contributed by atoms with Crippen molar-refractivity contribution in [1.29, 1.82) is 0 Å². The second-order valence-electron chi connectivity index (χ2n) is 12.9. The number of hydrogen-bond acceptors (Lipinski definition) is 9. The third-order valence-corrected chi connectivity index (χ3v) is 7.80. The Morgan fingerprint density at radius 3 is 2.20 bits per heavy atom. The summed E-state index contributed by atoms with van der Waals surface area (Å²) in [6.45, 7) is 9.06. The molecule has 3 atom stereocenters. The highest BCUT2D eigenvalue weighted by Gasteiger charge is 2.32. The van der Waals surface area contributed by atoms with Gasteiger partial charge in [-0.05, 0) is 61.3 Å². The van der Waals surface area contributed by atoms with Crippen molar-refractivity contribution >= 4 is 46.7 Å². The Morgan fingerprint density at radius 2 is 1.55 bits per heavy atom. The summed E-state index contributed by atoms with van der Waals surface area (Å²) in [7, 11) is 0. The van der Waals surface area contributed by atoms with Crippen LogP contribution in [0.5, 0.6) is 0 Å². The van der Waals surface area contributed by atoms with Gasteiger partial charge in [0.25, 0.3) is 5.91 Å². The van der Waals surface area contributed by atoms with Gasteiger partial charge in [0, 0.05) is 23.6 Å². The van der Waals surface area contributed by atoms with Gasteiger partial charge < -0.3 is 36.6 Å². The third-order valence-electron chi connectivity index (χ3n) is 7.80. The Morgan fingerprint density at radius 1 is 0.863 bits per heavy atom. The lowest BCUT2D eigenvalue weighted by Gasteiger charge is -2.27. The van der Waals surface area contributed by atoms with E-state index in [-0.39, 0.29) is 61.4 Å². The topological polar surface area (TPSA) is 237 Å². The number of carbonyl (C=O) groups excluding carboxylic acids is 5. The first-order chi connectivity index (χ1) is 24.1. The van der Waals surface area contributed by atoms with Crippen LogP contribution in [0.25, 0.3) is 11.0 Å². The van der Waals surface area contributed by atoms with Gasteiger partial charge in [0.1, 0.15) is 30.3 Å². The number of ether oxygens (including phenoxy) is 1. The Hall–Kier alpha value is -5.73. The van der Waals surface area contributed by atoms with E-state index in [0.29, 0.717) is 10.9 Å². The number of nitrogens with one attached hydrogen (secondary N) is 4. The minimum Gasteiger partial charge on any atom is -0.445 e. The molecule has 0 bridgehead atoms. The molecule has 0 aliphatic heterocycles. The van der Waals surface area contributed by atoms with Gasteiger partial charge in [0.05, 0.1) is 0 Å². The number of aryl methyl sites for hydroxylation is 1. The van der Waals surface area contributed by atoms with Gasteiger partial charge in [-0.3, -0.25) is 29.5 Å². The summed E-state index contributed by atoms with van der Waals surface area (Å²) in [6.07, 6.45) is -0.303. The highest BCUT2D eigenvalue weighted by atomic mass is 16.5. The zero-order chi connectivity index (χ0) is 37.7. The predicted octanol–water partition coefficient (Wildman–Crippen LogP) is 2.38. The molecule has 0 saturated heterocycles. The smallest absolute Gasteiger partial charge is 0.408 e. The molecule has 0 radical (unpaired) electrons. The van der Waals surface area contributed by atoms with Crippen LogP contribution in [0.4, 0.5) is 4.79 Å². The van der Waals surface area contributed by atoms with E-state index < -0.39 is 53.5 Å². The van der Waals surface area contributed by atoms with Gasteiger partial charge in [-0.25, -0.2) is 9.59 Å². The average Bonchev–Trinajstić information content (AvgIpc) is 3.06. The SMILES string of the molecule is Cc1cc(=O)oc2cc(C(=O)NC(=O)[C@H](CCCN=C(N)N)NC(=O)[C@H](CC(C)C)NC(=O)[C@H](NC(=O)OCc3ccccc3)C(C)C)ccc12.